The van der Waals surface area contributed by atoms with Gasteiger partial charge >= 0.3 is 0 Å². The van der Waals surface area contributed by atoms with E-state index in [1.54, 1.807) is 0 Å². The zero-order chi connectivity index (χ0) is 22.8. The van der Waals surface area contributed by atoms with Crippen LogP contribution in [0.5, 0.6) is 5.75 Å². The molecular weight excluding hydrogens is 529 g/mol. The molecule has 0 spiro atoms. The fraction of sp³-hybridized carbons (Fsp3) is 0.680. The van der Waals surface area contributed by atoms with Crippen molar-refractivity contribution in [1.82, 2.24) is 20.0 Å². The van der Waals surface area contributed by atoms with Crippen LogP contribution in [-0.2, 0) is 4.79 Å². The van der Waals surface area contributed by atoms with Gasteiger partial charge in [0.2, 0.25) is 5.91 Å². The third kappa shape index (κ3) is 8.63. The highest BCUT2D eigenvalue weighted by Crippen LogP contribution is 2.14. The smallest absolute Gasteiger partial charge is 0.239 e. The zero-order valence-electron chi connectivity index (χ0n) is 20.6. The third-order valence-electron chi connectivity index (χ3n) is 6.38. The summed E-state index contributed by atoms with van der Waals surface area (Å²) < 4.78 is 5.81. The van der Waals surface area contributed by atoms with Crippen LogP contribution in [0.4, 0.5) is 0 Å². The Morgan fingerprint density at radius 1 is 1.03 bits per heavy atom. The Balaban J connectivity index is 0.00000385. The molecule has 0 bridgehead atoms. The number of ether oxygens (including phenoxy) is 1. The first-order valence-corrected chi connectivity index (χ1v) is 12.3. The molecule has 1 N–H and O–H groups in total. The summed E-state index contributed by atoms with van der Waals surface area (Å²) >= 11 is 0. The Morgan fingerprint density at radius 2 is 1.70 bits per heavy atom. The third-order valence-corrected chi connectivity index (χ3v) is 6.38. The molecule has 186 valence electrons. The maximum atomic E-state index is 12.7. The topological polar surface area (TPSA) is 60.4 Å². The zero-order valence-corrected chi connectivity index (χ0v) is 22.9. The van der Waals surface area contributed by atoms with E-state index < -0.39 is 0 Å². The van der Waals surface area contributed by atoms with Crippen molar-refractivity contribution < 1.29 is 9.53 Å². The van der Waals surface area contributed by atoms with Gasteiger partial charge in [-0.2, -0.15) is 0 Å². The monoisotopic (exact) mass is 571 g/mol. The molecule has 8 heteroatoms. The Bertz CT molecular complexity index is 729. The first-order chi connectivity index (χ1) is 15.6. The average molecular weight is 572 g/mol. The van der Waals surface area contributed by atoms with Gasteiger partial charge in [-0.25, -0.2) is 0 Å². The summed E-state index contributed by atoms with van der Waals surface area (Å²) in [6, 6.07) is 8.17. The maximum absolute atomic E-state index is 12.7. The molecule has 0 radical (unpaired) electrons. The standard InChI is InChI=1S/C25H41N5O2.HI/c1-4-26-25(27-13-5-8-20-32-23-11-9-21(2)10-12-23)30-18-16-28(17-19-30)22(3)24(31)29-14-6-7-15-29;/h9-12,22H,4-8,13-20H2,1-3H3,(H,26,27);1H. The van der Waals surface area contributed by atoms with Gasteiger partial charge in [-0.1, -0.05) is 17.7 Å². The van der Waals surface area contributed by atoms with Crippen LogP contribution in [0, 0.1) is 6.92 Å². The number of rotatable bonds is 9. The lowest BCUT2D eigenvalue weighted by molar-refractivity contribution is -0.135. The summed E-state index contributed by atoms with van der Waals surface area (Å²) in [5.74, 6) is 2.22. The SMILES string of the molecule is CCNC(=NCCCCOc1ccc(C)cc1)N1CCN(C(C)C(=O)N2CCCC2)CC1.I. The Kier molecular flexibility index (Phi) is 12.3. The van der Waals surface area contributed by atoms with Gasteiger partial charge in [-0.3, -0.25) is 14.7 Å². The predicted octanol–water partition coefficient (Wildman–Crippen LogP) is 3.37. The predicted molar refractivity (Wildman–Crippen MR) is 146 cm³/mol. The number of nitrogens with one attached hydrogen (secondary N) is 1. The number of amides is 1. The molecule has 2 aliphatic heterocycles. The lowest BCUT2D eigenvalue weighted by Gasteiger charge is -2.39. The first kappa shape index (κ1) is 27.7. The van der Waals surface area contributed by atoms with Gasteiger partial charge in [0.25, 0.3) is 0 Å². The number of guanidine groups is 1. The van der Waals surface area contributed by atoms with E-state index in [0.29, 0.717) is 5.91 Å². The molecule has 7 nitrogen and oxygen atoms in total. The van der Waals surface area contributed by atoms with Crippen LogP contribution in [0.3, 0.4) is 0 Å². The van der Waals surface area contributed by atoms with Crippen molar-refractivity contribution in [2.45, 2.75) is 52.5 Å². The number of carbonyl (C=O) groups is 1. The maximum Gasteiger partial charge on any atom is 0.239 e. The van der Waals surface area contributed by atoms with Crippen molar-refractivity contribution >= 4 is 35.8 Å². The lowest BCUT2D eigenvalue weighted by atomic mass is 10.2. The fourth-order valence-electron chi connectivity index (χ4n) is 4.33. The van der Waals surface area contributed by atoms with Crippen LogP contribution in [0.1, 0.15) is 45.1 Å². The van der Waals surface area contributed by atoms with E-state index in [-0.39, 0.29) is 30.0 Å². The van der Waals surface area contributed by atoms with Gasteiger partial charge in [0, 0.05) is 52.4 Å². The number of piperazine rings is 1. The summed E-state index contributed by atoms with van der Waals surface area (Å²) in [6.45, 7) is 14.1. The van der Waals surface area contributed by atoms with E-state index in [1.165, 1.54) is 5.56 Å². The molecule has 2 fully saturated rings. The van der Waals surface area contributed by atoms with Crippen molar-refractivity contribution in [2.24, 2.45) is 4.99 Å². The van der Waals surface area contributed by atoms with Gasteiger partial charge in [0.05, 0.1) is 12.6 Å². The van der Waals surface area contributed by atoms with Gasteiger partial charge in [0.1, 0.15) is 5.75 Å². The highest BCUT2D eigenvalue weighted by Gasteiger charge is 2.30. The minimum absolute atomic E-state index is 0. The minimum atomic E-state index is -0.0247. The van der Waals surface area contributed by atoms with E-state index in [9.17, 15) is 4.79 Å². The van der Waals surface area contributed by atoms with E-state index in [2.05, 4.69) is 48.0 Å². The van der Waals surface area contributed by atoms with Crippen molar-refractivity contribution in [3.05, 3.63) is 29.8 Å². The van der Waals surface area contributed by atoms with Gasteiger partial charge in [-0.05, 0) is 58.6 Å². The molecule has 2 saturated heterocycles. The number of halogens is 1. The quantitative estimate of drug-likeness (QED) is 0.213. The number of hydrogen-bond donors (Lipinski definition) is 1. The van der Waals surface area contributed by atoms with E-state index in [1.807, 2.05) is 17.0 Å². The molecule has 3 rings (SSSR count). The molecular formula is C25H42IN5O2. The summed E-state index contributed by atoms with van der Waals surface area (Å²) in [7, 11) is 0. The van der Waals surface area contributed by atoms with Crippen LogP contribution in [0.15, 0.2) is 29.3 Å². The van der Waals surface area contributed by atoms with E-state index >= 15 is 0 Å². The molecule has 1 amide bonds. The largest absolute Gasteiger partial charge is 0.494 e. The summed E-state index contributed by atoms with van der Waals surface area (Å²) in [4.78, 5) is 24.2. The molecule has 0 aromatic heterocycles. The molecule has 2 heterocycles. The van der Waals surface area contributed by atoms with E-state index in [4.69, 9.17) is 9.73 Å². The van der Waals surface area contributed by atoms with Crippen molar-refractivity contribution in [2.75, 3.05) is 59.0 Å². The summed E-state index contributed by atoms with van der Waals surface area (Å²) in [5, 5.41) is 3.44. The highest BCUT2D eigenvalue weighted by molar-refractivity contribution is 14.0. The van der Waals surface area contributed by atoms with Gasteiger partial charge in [0.15, 0.2) is 5.96 Å². The number of carbonyl (C=O) groups excluding carboxylic acids is 1. The van der Waals surface area contributed by atoms with Crippen LogP contribution >= 0.6 is 24.0 Å². The second kappa shape index (κ2) is 14.7. The molecule has 0 aliphatic carbocycles. The van der Waals surface area contributed by atoms with Crippen LogP contribution < -0.4 is 10.1 Å². The van der Waals surface area contributed by atoms with Crippen LogP contribution in [0.2, 0.25) is 0 Å². The number of aliphatic imine (C=N–C) groups is 1. The number of hydrogen-bond acceptors (Lipinski definition) is 4. The second-order valence-electron chi connectivity index (χ2n) is 8.84. The average Bonchev–Trinajstić information content (AvgIpc) is 3.36. The summed E-state index contributed by atoms with van der Waals surface area (Å²) in [5.41, 5.74) is 1.25. The van der Waals surface area contributed by atoms with Crippen LogP contribution in [0.25, 0.3) is 0 Å². The van der Waals surface area contributed by atoms with E-state index in [0.717, 1.165) is 96.4 Å². The number of benzene rings is 1. The number of likely N-dealkylation sites (tertiary alicyclic amines) is 1. The van der Waals surface area contributed by atoms with Crippen LogP contribution in [-0.4, -0.2) is 91.6 Å². The molecule has 1 atom stereocenters. The molecule has 2 aliphatic rings. The van der Waals surface area contributed by atoms with Crippen molar-refractivity contribution in [3.63, 3.8) is 0 Å². The molecule has 1 aromatic carbocycles. The van der Waals surface area contributed by atoms with Crippen molar-refractivity contribution in [3.8, 4) is 5.75 Å². The van der Waals surface area contributed by atoms with Crippen molar-refractivity contribution in [1.29, 1.82) is 0 Å². The number of nitrogens with zero attached hydrogens (tertiary/aromatic N) is 4. The lowest BCUT2D eigenvalue weighted by Crippen LogP contribution is -2.57. The fourth-order valence-corrected chi connectivity index (χ4v) is 4.33. The Hall–Kier alpha value is -1.55. The Morgan fingerprint density at radius 3 is 2.33 bits per heavy atom. The number of aryl methyl sites for hydroxylation is 1. The number of unbranched alkanes of at least 4 members (excludes halogenated alkanes) is 1. The Labute approximate surface area is 216 Å². The molecule has 1 aromatic rings. The first-order valence-electron chi connectivity index (χ1n) is 12.3. The minimum Gasteiger partial charge on any atom is -0.494 e. The normalized spacial score (nSPS) is 18.1. The summed E-state index contributed by atoms with van der Waals surface area (Å²) in [6.07, 6.45) is 4.28. The molecule has 33 heavy (non-hydrogen) atoms. The van der Waals surface area contributed by atoms with Gasteiger partial charge in [-0.15, -0.1) is 24.0 Å². The molecule has 1 unspecified atom stereocenters. The highest BCUT2D eigenvalue weighted by atomic mass is 127. The second-order valence-corrected chi connectivity index (χ2v) is 8.84. The van der Waals surface area contributed by atoms with Gasteiger partial charge < -0.3 is 19.9 Å². The molecule has 0 saturated carbocycles.